The zero-order chi connectivity index (χ0) is 10.6. The first-order valence-electron chi connectivity index (χ1n) is 6.31. The zero-order valence-corrected chi connectivity index (χ0v) is 10.5. The number of likely N-dealkylation sites (tertiary alicyclic amines) is 1. The Morgan fingerprint density at radius 1 is 1.36 bits per heavy atom. The second kappa shape index (κ2) is 5.16. The summed E-state index contributed by atoms with van der Waals surface area (Å²) in [5, 5.41) is 0. The van der Waals surface area contributed by atoms with Gasteiger partial charge in [0, 0.05) is 6.54 Å². The van der Waals surface area contributed by atoms with E-state index in [1.54, 1.807) is 0 Å². The van der Waals surface area contributed by atoms with Crippen molar-refractivity contribution >= 4 is 0 Å². The molecule has 0 radical (unpaired) electrons. The minimum absolute atomic E-state index is 0.610. The van der Waals surface area contributed by atoms with Crippen molar-refractivity contribution in [3.05, 3.63) is 0 Å². The molecule has 14 heavy (non-hydrogen) atoms. The maximum Gasteiger partial charge on any atom is 0.00354 e. The number of rotatable bonds is 5. The Labute approximate surface area is 89.9 Å². The second-order valence-electron chi connectivity index (χ2n) is 5.39. The van der Waals surface area contributed by atoms with Crippen molar-refractivity contribution in [2.75, 3.05) is 20.1 Å². The minimum atomic E-state index is 0.610. The lowest BCUT2D eigenvalue weighted by atomic mass is 9.72. The molecule has 0 aromatic rings. The fourth-order valence-corrected chi connectivity index (χ4v) is 3.05. The van der Waals surface area contributed by atoms with Crippen molar-refractivity contribution in [3.8, 4) is 0 Å². The van der Waals surface area contributed by atoms with Gasteiger partial charge >= 0.3 is 0 Å². The fourth-order valence-electron chi connectivity index (χ4n) is 3.05. The molecule has 0 amide bonds. The maximum atomic E-state index is 2.50. The van der Waals surface area contributed by atoms with Gasteiger partial charge in [0.25, 0.3) is 0 Å². The van der Waals surface area contributed by atoms with E-state index in [0.717, 1.165) is 5.92 Å². The molecule has 1 rings (SSSR count). The molecule has 2 atom stereocenters. The first kappa shape index (κ1) is 12.0. The van der Waals surface area contributed by atoms with Crippen LogP contribution in [0.1, 0.15) is 52.9 Å². The monoisotopic (exact) mass is 197 g/mol. The van der Waals surface area contributed by atoms with Gasteiger partial charge in [-0.1, -0.05) is 40.0 Å². The normalized spacial score (nSPS) is 30.9. The lowest BCUT2D eigenvalue weighted by Crippen LogP contribution is -2.30. The third-order valence-electron chi connectivity index (χ3n) is 4.08. The number of hydrogen-bond donors (Lipinski definition) is 0. The molecule has 1 saturated heterocycles. The van der Waals surface area contributed by atoms with Crippen LogP contribution in [0.3, 0.4) is 0 Å². The predicted molar refractivity (Wildman–Crippen MR) is 63.5 cm³/mol. The molecule has 0 bridgehead atoms. The highest BCUT2D eigenvalue weighted by molar-refractivity contribution is 4.89. The molecule has 0 spiro atoms. The van der Waals surface area contributed by atoms with E-state index in [0.29, 0.717) is 5.41 Å². The van der Waals surface area contributed by atoms with Crippen molar-refractivity contribution in [1.29, 1.82) is 0 Å². The van der Waals surface area contributed by atoms with Crippen LogP contribution in [0.25, 0.3) is 0 Å². The van der Waals surface area contributed by atoms with Crippen LogP contribution in [0.4, 0.5) is 0 Å². The predicted octanol–water partition coefficient (Wildman–Crippen LogP) is 3.54. The zero-order valence-electron chi connectivity index (χ0n) is 10.5. The van der Waals surface area contributed by atoms with Gasteiger partial charge in [-0.2, -0.15) is 0 Å². The highest BCUT2D eigenvalue weighted by Gasteiger charge is 2.37. The molecule has 0 N–H and O–H groups in total. The summed E-state index contributed by atoms with van der Waals surface area (Å²) in [5.41, 5.74) is 0.610. The third-order valence-corrected chi connectivity index (χ3v) is 4.08. The van der Waals surface area contributed by atoms with E-state index in [9.17, 15) is 0 Å². The summed E-state index contributed by atoms with van der Waals surface area (Å²) in [6.07, 6.45) is 6.98. The van der Waals surface area contributed by atoms with Gasteiger partial charge in [-0.05, 0) is 37.8 Å². The summed E-state index contributed by atoms with van der Waals surface area (Å²) >= 11 is 0. The summed E-state index contributed by atoms with van der Waals surface area (Å²) < 4.78 is 0. The van der Waals surface area contributed by atoms with E-state index < -0.39 is 0 Å². The van der Waals surface area contributed by atoms with Gasteiger partial charge in [-0.25, -0.2) is 0 Å². The summed E-state index contributed by atoms with van der Waals surface area (Å²) in [4.78, 5) is 2.49. The lowest BCUT2D eigenvalue weighted by molar-refractivity contribution is 0.172. The average Bonchev–Trinajstić information content (AvgIpc) is 2.48. The third kappa shape index (κ3) is 2.73. The Bertz CT molecular complexity index is 167. The van der Waals surface area contributed by atoms with E-state index in [1.165, 1.54) is 45.2 Å². The Morgan fingerprint density at radius 2 is 2.07 bits per heavy atom. The topological polar surface area (TPSA) is 3.24 Å². The van der Waals surface area contributed by atoms with Gasteiger partial charge in [0.2, 0.25) is 0 Å². The second-order valence-corrected chi connectivity index (χ2v) is 5.39. The molecular weight excluding hydrogens is 170 g/mol. The van der Waals surface area contributed by atoms with Crippen molar-refractivity contribution in [2.24, 2.45) is 11.3 Å². The van der Waals surface area contributed by atoms with Gasteiger partial charge in [-0.3, -0.25) is 0 Å². The Hall–Kier alpha value is -0.0400. The summed E-state index contributed by atoms with van der Waals surface area (Å²) in [6, 6.07) is 0. The van der Waals surface area contributed by atoms with Crippen LogP contribution >= 0.6 is 0 Å². The smallest absolute Gasteiger partial charge is 0.00354 e. The van der Waals surface area contributed by atoms with E-state index in [1.807, 2.05) is 0 Å². The SMILES string of the molecule is CCCCC(CC)[C@@]1(C)CCN(C)C1. The first-order valence-corrected chi connectivity index (χ1v) is 6.31. The Morgan fingerprint density at radius 3 is 2.50 bits per heavy atom. The van der Waals surface area contributed by atoms with Crippen molar-refractivity contribution in [1.82, 2.24) is 4.90 Å². The minimum Gasteiger partial charge on any atom is -0.306 e. The molecule has 1 nitrogen and oxygen atoms in total. The molecule has 1 aliphatic rings. The molecule has 0 aliphatic carbocycles. The van der Waals surface area contributed by atoms with E-state index >= 15 is 0 Å². The standard InChI is InChI=1S/C13H27N/c1-5-7-8-12(6-2)13(3)9-10-14(4)11-13/h12H,5-11H2,1-4H3/t12?,13-/m0/s1. The van der Waals surface area contributed by atoms with Gasteiger partial charge < -0.3 is 4.90 Å². The Balaban J connectivity index is 2.49. The highest BCUT2D eigenvalue weighted by Crippen LogP contribution is 2.41. The van der Waals surface area contributed by atoms with E-state index in [2.05, 4.69) is 32.7 Å². The van der Waals surface area contributed by atoms with Crippen molar-refractivity contribution < 1.29 is 0 Å². The van der Waals surface area contributed by atoms with Crippen LogP contribution in [0.15, 0.2) is 0 Å². The molecule has 84 valence electrons. The largest absolute Gasteiger partial charge is 0.306 e. The quantitative estimate of drug-likeness (QED) is 0.651. The Kier molecular flexibility index (Phi) is 4.43. The lowest BCUT2D eigenvalue weighted by Gasteiger charge is -2.33. The van der Waals surface area contributed by atoms with Crippen LogP contribution in [-0.4, -0.2) is 25.0 Å². The van der Waals surface area contributed by atoms with Gasteiger partial charge in [0.1, 0.15) is 0 Å². The molecule has 1 unspecified atom stereocenters. The molecule has 1 heterocycles. The van der Waals surface area contributed by atoms with Crippen LogP contribution in [0, 0.1) is 11.3 Å². The molecule has 0 aromatic heterocycles. The molecule has 0 saturated carbocycles. The average molecular weight is 197 g/mol. The molecular formula is C13H27N. The number of unbranched alkanes of at least 4 members (excludes halogenated alkanes) is 1. The van der Waals surface area contributed by atoms with Gasteiger partial charge in [-0.15, -0.1) is 0 Å². The van der Waals surface area contributed by atoms with Crippen molar-refractivity contribution in [3.63, 3.8) is 0 Å². The van der Waals surface area contributed by atoms with Crippen LogP contribution in [0.5, 0.6) is 0 Å². The summed E-state index contributed by atoms with van der Waals surface area (Å²) in [6.45, 7) is 9.79. The molecule has 1 heteroatoms. The van der Waals surface area contributed by atoms with E-state index in [-0.39, 0.29) is 0 Å². The van der Waals surface area contributed by atoms with Gasteiger partial charge in [0.15, 0.2) is 0 Å². The number of hydrogen-bond acceptors (Lipinski definition) is 1. The van der Waals surface area contributed by atoms with Crippen LogP contribution in [0.2, 0.25) is 0 Å². The molecule has 1 fully saturated rings. The van der Waals surface area contributed by atoms with Gasteiger partial charge in [0.05, 0.1) is 0 Å². The molecule has 0 aromatic carbocycles. The van der Waals surface area contributed by atoms with Crippen LogP contribution < -0.4 is 0 Å². The number of nitrogens with zero attached hydrogens (tertiary/aromatic N) is 1. The molecule has 1 aliphatic heterocycles. The van der Waals surface area contributed by atoms with E-state index in [4.69, 9.17) is 0 Å². The van der Waals surface area contributed by atoms with Crippen molar-refractivity contribution in [2.45, 2.75) is 52.9 Å². The maximum absolute atomic E-state index is 2.50. The highest BCUT2D eigenvalue weighted by atomic mass is 15.1. The summed E-state index contributed by atoms with van der Waals surface area (Å²) in [5.74, 6) is 0.951. The fraction of sp³-hybridized carbons (Fsp3) is 1.00. The summed E-state index contributed by atoms with van der Waals surface area (Å²) in [7, 11) is 2.26. The first-order chi connectivity index (χ1) is 6.62. The van der Waals surface area contributed by atoms with Crippen LogP contribution in [-0.2, 0) is 0 Å².